The highest BCUT2D eigenvalue weighted by Gasteiger charge is 2.29. The maximum Gasteiger partial charge on any atom is 0.0401 e. The predicted molar refractivity (Wildman–Crippen MR) is 59.3 cm³/mol. The molecule has 0 unspecified atom stereocenters. The van der Waals surface area contributed by atoms with E-state index in [-0.39, 0.29) is 0 Å². The molecule has 1 aliphatic rings. The van der Waals surface area contributed by atoms with Gasteiger partial charge in [0.25, 0.3) is 0 Å². The van der Waals surface area contributed by atoms with Crippen molar-refractivity contribution in [3.63, 3.8) is 0 Å². The molecule has 0 bridgehead atoms. The van der Waals surface area contributed by atoms with Gasteiger partial charge in [-0.3, -0.25) is 4.99 Å². The lowest BCUT2D eigenvalue weighted by Gasteiger charge is -2.13. The first kappa shape index (κ1) is 10.5. The Balaban J connectivity index is 2.78. The van der Waals surface area contributed by atoms with Crippen LogP contribution in [-0.4, -0.2) is 12.8 Å². The minimum absolute atomic E-state index is 0.573. The Morgan fingerprint density at radius 3 is 2.38 bits per heavy atom. The molecule has 0 spiro atoms. The average molecular weight is 179 g/mol. The second-order valence-corrected chi connectivity index (χ2v) is 4.11. The van der Waals surface area contributed by atoms with Gasteiger partial charge in [-0.25, -0.2) is 0 Å². The summed E-state index contributed by atoms with van der Waals surface area (Å²) in [5, 5.41) is 0. The van der Waals surface area contributed by atoms with Crippen molar-refractivity contribution in [1.82, 2.24) is 0 Å². The third-order valence-electron chi connectivity index (χ3n) is 2.52. The number of rotatable bonds is 4. The molecule has 74 valence electrons. The SMILES string of the molecule is CC/C=C(\C(=NC)C(C)C)C1CC1. The number of allylic oxidation sites excluding steroid dienone is 2. The molecule has 0 aromatic rings. The minimum atomic E-state index is 0.573. The summed E-state index contributed by atoms with van der Waals surface area (Å²) in [5.74, 6) is 1.41. The third kappa shape index (κ3) is 2.68. The minimum Gasteiger partial charge on any atom is -0.293 e. The van der Waals surface area contributed by atoms with Crippen LogP contribution in [0.25, 0.3) is 0 Å². The van der Waals surface area contributed by atoms with Crippen molar-refractivity contribution >= 4 is 5.71 Å². The van der Waals surface area contributed by atoms with Gasteiger partial charge < -0.3 is 0 Å². The molecule has 0 atom stereocenters. The lowest BCUT2D eigenvalue weighted by atomic mass is 9.95. The lowest BCUT2D eigenvalue weighted by Crippen LogP contribution is -2.12. The maximum absolute atomic E-state index is 4.42. The molecule has 0 aromatic carbocycles. The molecule has 0 N–H and O–H groups in total. The van der Waals surface area contributed by atoms with E-state index in [0.717, 1.165) is 12.3 Å². The number of aliphatic imine (C=N–C) groups is 1. The van der Waals surface area contributed by atoms with Gasteiger partial charge in [-0.1, -0.05) is 26.8 Å². The van der Waals surface area contributed by atoms with Gasteiger partial charge in [0, 0.05) is 12.8 Å². The topological polar surface area (TPSA) is 12.4 Å². The zero-order valence-electron chi connectivity index (χ0n) is 9.30. The highest BCUT2D eigenvalue weighted by atomic mass is 14.7. The predicted octanol–water partition coefficient (Wildman–Crippen LogP) is 3.46. The van der Waals surface area contributed by atoms with E-state index in [0.29, 0.717) is 5.92 Å². The molecule has 0 aliphatic heterocycles. The van der Waals surface area contributed by atoms with Gasteiger partial charge in [-0.05, 0) is 36.7 Å². The summed E-state index contributed by atoms with van der Waals surface area (Å²) >= 11 is 0. The van der Waals surface area contributed by atoms with Gasteiger partial charge in [0.2, 0.25) is 0 Å². The van der Waals surface area contributed by atoms with E-state index in [1.165, 1.54) is 24.1 Å². The Hall–Kier alpha value is -0.590. The van der Waals surface area contributed by atoms with E-state index in [2.05, 4.69) is 31.8 Å². The molecule has 0 heterocycles. The molecule has 13 heavy (non-hydrogen) atoms. The molecule has 1 fully saturated rings. The monoisotopic (exact) mass is 179 g/mol. The van der Waals surface area contributed by atoms with E-state index in [4.69, 9.17) is 0 Å². The Bertz CT molecular complexity index is 219. The van der Waals surface area contributed by atoms with Gasteiger partial charge in [0.1, 0.15) is 0 Å². The molecule has 1 rings (SSSR count). The first-order chi connectivity index (χ1) is 6.20. The van der Waals surface area contributed by atoms with Crippen LogP contribution in [0.1, 0.15) is 40.0 Å². The Morgan fingerprint density at radius 1 is 1.46 bits per heavy atom. The molecular weight excluding hydrogens is 158 g/mol. The van der Waals surface area contributed by atoms with Crippen molar-refractivity contribution in [2.45, 2.75) is 40.0 Å². The highest BCUT2D eigenvalue weighted by Crippen LogP contribution is 2.38. The lowest BCUT2D eigenvalue weighted by molar-refractivity contribution is 0.859. The highest BCUT2D eigenvalue weighted by molar-refractivity contribution is 6.02. The quantitative estimate of drug-likeness (QED) is 0.586. The molecule has 0 amide bonds. The van der Waals surface area contributed by atoms with Crippen molar-refractivity contribution in [1.29, 1.82) is 0 Å². The van der Waals surface area contributed by atoms with E-state index in [1.54, 1.807) is 0 Å². The molecule has 0 aromatic heterocycles. The van der Waals surface area contributed by atoms with Crippen molar-refractivity contribution in [3.05, 3.63) is 11.6 Å². The molecule has 1 nitrogen and oxygen atoms in total. The van der Waals surface area contributed by atoms with E-state index < -0.39 is 0 Å². The van der Waals surface area contributed by atoms with Gasteiger partial charge in [0.15, 0.2) is 0 Å². The number of hydrogen-bond donors (Lipinski definition) is 0. The van der Waals surface area contributed by atoms with Crippen LogP contribution < -0.4 is 0 Å². The summed E-state index contributed by atoms with van der Waals surface area (Å²) < 4.78 is 0. The molecule has 1 aliphatic carbocycles. The summed E-state index contributed by atoms with van der Waals surface area (Å²) in [6.07, 6.45) is 6.24. The summed E-state index contributed by atoms with van der Waals surface area (Å²) in [6.45, 7) is 6.67. The van der Waals surface area contributed by atoms with Crippen molar-refractivity contribution in [2.24, 2.45) is 16.8 Å². The standard InChI is InChI=1S/C12H21N/c1-5-6-11(10-7-8-10)12(13-4)9(2)3/h6,9-10H,5,7-8H2,1-4H3/b11-6-,13-12?. The van der Waals surface area contributed by atoms with Crippen molar-refractivity contribution in [3.8, 4) is 0 Å². The van der Waals surface area contributed by atoms with Gasteiger partial charge >= 0.3 is 0 Å². The van der Waals surface area contributed by atoms with Crippen molar-refractivity contribution < 1.29 is 0 Å². The van der Waals surface area contributed by atoms with Crippen LogP contribution in [0, 0.1) is 11.8 Å². The normalized spacial score (nSPS) is 19.8. The van der Waals surface area contributed by atoms with Crippen molar-refractivity contribution in [2.75, 3.05) is 7.05 Å². The Labute approximate surface area is 82.0 Å². The van der Waals surface area contributed by atoms with Crippen LogP contribution in [-0.2, 0) is 0 Å². The zero-order valence-corrected chi connectivity index (χ0v) is 9.30. The number of hydrogen-bond acceptors (Lipinski definition) is 1. The largest absolute Gasteiger partial charge is 0.293 e. The molecule has 1 heteroatoms. The number of nitrogens with zero attached hydrogens (tertiary/aromatic N) is 1. The smallest absolute Gasteiger partial charge is 0.0401 e. The first-order valence-corrected chi connectivity index (χ1v) is 5.37. The first-order valence-electron chi connectivity index (χ1n) is 5.37. The summed E-state index contributed by atoms with van der Waals surface area (Å²) in [4.78, 5) is 4.42. The third-order valence-corrected chi connectivity index (χ3v) is 2.52. The van der Waals surface area contributed by atoms with Crippen LogP contribution in [0.15, 0.2) is 16.6 Å². The van der Waals surface area contributed by atoms with E-state index in [1.807, 2.05) is 7.05 Å². The summed E-state index contributed by atoms with van der Waals surface area (Å²) in [5.41, 5.74) is 2.85. The van der Waals surface area contributed by atoms with Gasteiger partial charge in [-0.15, -0.1) is 0 Å². The van der Waals surface area contributed by atoms with Crippen LogP contribution in [0.4, 0.5) is 0 Å². The van der Waals surface area contributed by atoms with Crippen LogP contribution in [0.5, 0.6) is 0 Å². The molecule has 0 radical (unpaired) electrons. The molecular formula is C12H21N. The fourth-order valence-electron chi connectivity index (χ4n) is 1.82. The Morgan fingerprint density at radius 2 is 2.08 bits per heavy atom. The second kappa shape index (κ2) is 4.59. The van der Waals surface area contributed by atoms with Crippen LogP contribution in [0.3, 0.4) is 0 Å². The zero-order chi connectivity index (χ0) is 9.84. The summed E-state index contributed by atoms with van der Waals surface area (Å²) in [6, 6.07) is 0. The fourth-order valence-corrected chi connectivity index (χ4v) is 1.82. The van der Waals surface area contributed by atoms with Crippen LogP contribution in [0.2, 0.25) is 0 Å². The molecule has 1 saturated carbocycles. The van der Waals surface area contributed by atoms with Gasteiger partial charge in [0.05, 0.1) is 0 Å². The fraction of sp³-hybridized carbons (Fsp3) is 0.750. The summed E-state index contributed by atoms with van der Waals surface area (Å²) in [7, 11) is 1.92. The molecule has 0 saturated heterocycles. The second-order valence-electron chi connectivity index (χ2n) is 4.11. The van der Waals surface area contributed by atoms with Crippen LogP contribution >= 0.6 is 0 Å². The van der Waals surface area contributed by atoms with Gasteiger partial charge in [-0.2, -0.15) is 0 Å². The van der Waals surface area contributed by atoms with E-state index >= 15 is 0 Å². The maximum atomic E-state index is 4.42. The van der Waals surface area contributed by atoms with E-state index in [9.17, 15) is 0 Å². The average Bonchev–Trinajstić information content (AvgIpc) is 2.86. The Kier molecular flexibility index (Phi) is 3.71.